The van der Waals surface area contributed by atoms with Crippen molar-refractivity contribution in [1.82, 2.24) is 19.9 Å². The topological polar surface area (TPSA) is 76.9 Å². The van der Waals surface area contributed by atoms with Crippen LogP contribution in [0.4, 0.5) is 0 Å². The molecule has 0 atom stereocenters. The number of aromatic nitrogens is 3. The minimum Gasteiger partial charge on any atom is -0.348 e. The lowest BCUT2D eigenvalue weighted by Gasteiger charge is -2.09. The molecule has 0 saturated heterocycles. The number of nitrogens with zero attached hydrogens (tertiary/aromatic N) is 3. The van der Waals surface area contributed by atoms with Gasteiger partial charge in [0.1, 0.15) is 11.2 Å². The van der Waals surface area contributed by atoms with Crippen LogP contribution in [0.2, 0.25) is 0 Å². The highest BCUT2D eigenvalue weighted by molar-refractivity contribution is 5.94. The van der Waals surface area contributed by atoms with E-state index >= 15 is 0 Å². The third-order valence-electron chi connectivity index (χ3n) is 4.94. The van der Waals surface area contributed by atoms with Crippen molar-refractivity contribution in [3.8, 4) is 11.3 Å². The van der Waals surface area contributed by atoms with Gasteiger partial charge in [-0.3, -0.25) is 14.2 Å². The first-order chi connectivity index (χ1) is 14.0. The number of aryl methyl sites for hydroxylation is 2. The molecule has 1 N–H and O–H groups in total. The van der Waals surface area contributed by atoms with Crippen molar-refractivity contribution in [2.24, 2.45) is 7.05 Å². The molecule has 6 nitrogen and oxygen atoms in total. The number of hydrogen-bond acceptors (Lipinski definition) is 4. The highest BCUT2D eigenvalue weighted by Gasteiger charge is 2.12. The Labute approximate surface area is 167 Å². The van der Waals surface area contributed by atoms with Gasteiger partial charge < -0.3 is 5.32 Å². The highest BCUT2D eigenvalue weighted by atomic mass is 16.1. The SMILES string of the molecule is Cc1ccccc1CNC(=O)c1ccc(-c2nc3cccnc3n(C)c2=O)cc1. The Balaban J connectivity index is 1.57. The number of carbonyl (C=O) groups excluding carboxylic acids is 1. The summed E-state index contributed by atoms with van der Waals surface area (Å²) in [6, 6.07) is 18.4. The largest absolute Gasteiger partial charge is 0.348 e. The maximum Gasteiger partial charge on any atom is 0.278 e. The molecule has 0 aliphatic carbocycles. The molecule has 2 heterocycles. The Kier molecular flexibility index (Phi) is 4.91. The maximum atomic E-state index is 12.7. The summed E-state index contributed by atoms with van der Waals surface area (Å²) in [5, 5.41) is 2.93. The van der Waals surface area contributed by atoms with Gasteiger partial charge in [-0.05, 0) is 42.3 Å². The zero-order chi connectivity index (χ0) is 20.4. The van der Waals surface area contributed by atoms with Gasteiger partial charge in [0.05, 0.1) is 0 Å². The van der Waals surface area contributed by atoms with Gasteiger partial charge in [0.15, 0.2) is 5.65 Å². The first kappa shape index (κ1) is 18.6. The van der Waals surface area contributed by atoms with Crippen LogP contribution in [-0.2, 0) is 13.6 Å². The third kappa shape index (κ3) is 3.65. The van der Waals surface area contributed by atoms with Crippen LogP contribution in [0.3, 0.4) is 0 Å². The maximum absolute atomic E-state index is 12.7. The predicted molar refractivity (Wildman–Crippen MR) is 113 cm³/mol. The molecule has 0 unspecified atom stereocenters. The number of amides is 1. The lowest BCUT2D eigenvalue weighted by atomic mass is 10.1. The summed E-state index contributed by atoms with van der Waals surface area (Å²) in [5.74, 6) is -0.164. The Hall–Kier alpha value is -3.80. The highest BCUT2D eigenvalue weighted by Crippen LogP contribution is 2.17. The molecule has 1 amide bonds. The van der Waals surface area contributed by atoms with Crippen LogP contribution in [0.15, 0.2) is 71.7 Å². The average Bonchev–Trinajstić information content (AvgIpc) is 2.75. The molecule has 0 saturated carbocycles. The molecular formula is C23H20N4O2. The van der Waals surface area contributed by atoms with Crippen LogP contribution in [0, 0.1) is 6.92 Å². The number of carbonyl (C=O) groups is 1. The minimum atomic E-state index is -0.229. The zero-order valence-electron chi connectivity index (χ0n) is 16.2. The summed E-state index contributed by atoms with van der Waals surface area (Å²) >= 11 is 0. The molecule has 0 aliphatic heterocycles. The van der Waals surface area contributed by atoms with Crippen LogP contribution in [0.25, 0.3) is 22.4 Å². The Morgan fingerprint density at radius 1 is 1.03 bits per heavy atom. The molecule has 2 aromatic heterocycles. The molecule has 0 fully saturated rings. The van der Waals surface area contributed by atoms with Crippen LogP contribution < -0.4 is 10.9 Å². The van der Waals surface area contributed by atoms with E-state index in [2.05, 4.69) is 15.3 Å². The monoisotopic (exact) mass is 384 g/mol. The minimum absolute atomic E-state index is 0.164. The second-order valence-corrected chi connectivity index (χ2v) is 6.86. The first-order valence-electron chi connectivity index (χ1n) is 9.29. The van der Waals surface area contributed by atoms with Gasteiger partial charge in [-0.15, -0.1) is 0 Å². The van der Waals surface area contributed by atoms with E-state index in [1.165, 1.54) is 4.57 Å². The molecule has 4 aromatic rings. The van der Waals surface area contributed by atoms with E-state index < -0.39 is 0 Å². The third-order valence-corrected chi connectivity index (χ3v) is 4.94. The predicted octanol–water partition coefficient (Wildman–Crippen LogP) is 3.23. The van der Waals surface area contributed by atoms with E-state index in [9.17, 15) is 9.59 Å². The quantitative estimate of drug-likeness (QED) is 0.586. The van der Waals surface area contributed by atoms with Gasteiger partial charge >= 0.3 is 0 Å². The molecule has 2 aromatic carbocycles. The molecule has 6 heteroatoms. The van der Waals surface area contributed by atoms with Gasteiger partial charge in [0.2, 0.25) is 0 Å². The van der Waals surface area contributed by atoms with Crippen molar-refractivity contribution in [1.29, 1.82) is 0 Å². The fourth-order valence-corrected chi connectivity index (χ4v) is 3.21. The van der Waals surface area contributed by atoms with Gasteiger partial charge in [-0.1, -0.05) is 36.4 Å². The number of benzene rings is 2. The van der Waals surface area contributed by atoms with E-state index in [0.717, 1.165) is 11.1 Å². The molecule has 29 heavy (non-hydrogen) atoms. The van der Waals surface area contributed by atoms with Crippen LogP contribution in [0.5, 0.6) is 0 Å². The zero-order valence-corrected chi connectivity index (χ0v) is 16.2. The molecule has 0 aliphatic rings. The van der Waals surface area contributed by atoms with Crippen LogP contribution >= 0.6 is 0 Å². The summed E-state index contributed by atoms with van der Waals surface area (Å²) in [6.07, 6.45) is 1.63. The number of rotatable bonds is 4. The number of hydrogen-bond donors (Lipinski definition) is 1. The Morgan fingerprint density at radius 2 is 1.79 bits per heavy atom. The van der Waals surface area contributed by atoms with Crippen molar-refractivity contribution in [3.05, 3.63) is 93.9 Å². The summed E-state index contributed by atoms with van der Waals surface area (Å²) in [7, 11) is 1.68. The molecular weight excluding hydrogens is 364 g/mol. The lowest BCUT2D eigenvalue weighted by Crippen LogP contribution is -2.23. The van der Waals surface area contributed by atoms with Crippen molar-refractivity contribution in [3.63, 3.8) is 0 Å². The van der Waals surface area contributed by atoms with E-state index in [1.54, 1.807) is 43.6 Å². The normalized spacial score (nSPS) is 10.8. The van der Waals surface area contributed by atoms with Crippen molar-refractivity contribution in [2.75, 3.05) is 0 Å². The Morgan fingerprint density at radius 3 is 2.55 bits per heavy atom. The van der Waals surface area contributed by atoms with Crippen molar-refractivity contribution >= 4 is 17.1 Å². The van der Waals surface area contributed by atoms with Crippen LogP contribution in [-0.4, -0.2) is 20.4 Å². The first-order valence-corrected chi connectivity index (χ1v) is 9.29. The van der Waals surface area contributed by atoms with Gasteiger partial charge in [0.25, 0.3) is 11.5 Å². The molecule has 0 spiro atoms. The summed E-state index contributed by atoms with van der Waals surface area (Å²) < 4.78 is 1.49. The fourth-order valence-electron chi connectivity index (χ4n) is 3.21. The number of fused-ring (bicyclic) bond motifs is 1. The van der Waals surface area contributed by atoms with Gasteiger partial charge in [0, 0.05) is 30.9 Å². The van der Waals surface area contributed by atoms with E-state index in [0.29, 0.717) is 34.5 Å². The number of nitrogens with one attached hydrogen (secondary N) is 1. The second kappa shape index (κ2) is 7.67. The van der Waals surface area contributed by atoms with E-state index in [-0.39, 0.29) is 11.5 Å². The lowest BCUT2D eigenvalue weighted by molar-refractivity contribution is 0.0951. The number of pyridine rings is 1. The standard InChI is InChI=1S/C23H20N4O2/c1-15-6-3-4-7-18(15)14-25-22(28)17-11-9-16(10-12-17)20-23(29)27(2)21-19(26-20)8-5-13-24-21/h3-13H,14H2,1-2H3,(H,25,28). The second-order valence-electron chi connectivity index (χ2n) is 6.86. The summed E-state index contributed by atoms with van der Waals surface area (Å²) in [6.45, 7) is 2.48. The van der Waals surface area contributed by atoms with E-state index in [4.69, 9.17) is 0 Å². The summed E-state index contributed by atoms with van der Waals surface area (Å²) in [4.78, 5) is 33.8. The molecule has 0 bridgehead atoms. The van der Waals surface area contributed by atoms with Crippen molar-refractivity contribution in [2.45, 2.75) is 13.5 Å². The smallest absolute Gasteiger partial charge is 0.278 e. The fraction of sp³-hybridized carbons (Fsp3) is 0.130. The van der Waals surface area contributed by atoms with E-state index in [1.807, 2.05) is 37.3 Å². The van der Waals surface area contributed by atoms with Gasteiger partial charge in [-0.25, -0.2) is 9.97 Å². The average molecular weight is 384 g/mol. The molecule has 144 valence electrons. The molecule has 4 rings (SSSR count). The Bertz CT molecular complexity index is 1260. The summed E-state index contributed by atoms with van der Waals surface area (Å²) in [5.41, 5.74) is 4.69. The van der Waals surface area contributed by atoms with Crippen molar-refractivity contribution < 1.29 is 4.79 Å². The van der Waals surface area contributed by atoms with Crippen LogP contribution in [0.1, 0.15) is 21.5 Å². The molecule has 0 radical (unpaired) electrons. The van der Waals surface area contributed by atoms with Gasteiger partial charge in [-0.2, -0.15) is 0 Å².